The largest absolute Gasteiger partial charge is 0.280 e. The van der Waals surface area contributed by atoms with Crippen LogP contribution >= 0.6 is 15.9 Å². The fraction of sp³-hybridized carbons (Fsp3) is 0.0714. The number of rotatable bonds is 4. The number of fused-ring (bicyclic) bond motifs is 1. The van der Waals surface area contributed by atoms with Gasteiger partial charge in [0.05, 0.1) is 16.6 Å². The average Bonchev–Trinajstić information content (AvgIpc) is 2.94. The molecule has 3 rings (SSSR count). The third-order valence-corrected chi connectivity index (χ3v) is 5.13. The number of aromatic amines is 1. The van der Waals surface area contributed by atoms with Gasteiger partial charge in [0, 0.05) is 16.4 Å². The Labute approximate surface area is 130 Å². The summed E-state index contributed by atoms with van der Waals surface area (Å²) in [5.41, 5.74) is 2.39. The van der Waals surface area contributed by atoms with Crippen molar-refractivity contribution in [3.05, 3.63) is 54.2 Å². The molecule has 0 saturated heterocycles. The van der Waals surface area contributed by atoms with Gasteiger partial charge in [-0.2, -0.15) is 5.10 Å². The molecule has 2 N–H and O–H groups in total. The van der Waals surface area contributed by atoms with Crippen LogP contribution in [0.3, 0.4) is 0 Å². The van der Waals surface area contributed by atoms with Gasteiger partial charge >= 0.3 is 0 Å². The van der Waals surface area contributed by atoms with Gasteiger partial charge < -0.3 is 0 Å². The summed E-state index contributed by atoms with van der Waals surface area (Å²) in [5.74, 6) is 0. The molecule has 0 radical (unpaired) electrons. The first-order valence-electron chi connectivity index (χ1n) is 6.19. The van der Waals surface area contributed by atoms with Crippen molar-refractivity contribution >= 4 is 42.5 Å². The predicted octanol–water partition coefficient (Wildman–Crippen LogP) is 3.26. The maximum Gasteiger partial charge on any atom is 0.261 e. The minimum atomic E-state index is -3.59. The van der Waals surface area contributed by atoms with Crippen molar-refractivity contribution in [2.45, 2.75) is 10.2 Å². The normalized spacial score (nSPS) is 11.7. The summed E-state index contributed by atoms with van der Waals surface area (Å²) in [6, 6.07) is 12.0. The highest BCUT2D eigenvalue weighted by molar-refractivity contribution is 9.08. The van der Waals surface area contributed by atoms with E-state index in [2.05, 4.69) is 30.8 Å². The van der Waals surface area contributed by atoms with Crippen molar-refractivity contribution in [3.63, 3.8) is 0 Å². The van der Waals surface area contributed by atoms with E-state index in [0.717, 1.165) is 16.5 Å². The number of nitrogens with one attached hydrogen (secondary N) is 2. The summed E-state index contributed by atoms with van der Waals surface area (Å²) < 4.78 is 27.2. The summed E-state index contributed by atoms with van der Waals surface area (Å²) in [6.07, 6.45) is 1.65. The molecule has 0 spiro atoms. The Hall–Kier alpha value is -1.86. The summed E-state index contributed by atoms with van der Waals surface area (Å²) in [6.45, 7) is 0. The molecule has 1 aromatic heterocycles. The van der Waals surface area contributed by atoms with Crippen LogP contribution in [0.25, 0.3) is 10.9 Å². The van der Waals surface area contributed by atoms with Crippen LogP contribution in [0.15, 0.2) is 53.6 Å². The van der Waals surface area contributed by atoms with E-state index >= 15 is 0 Å². The molecule has 5 nitrogen and oxygen atoms in total. The molecule has 21 heavy (non-hydrogen) atoms. The van der Waals surface area contributed by atoms with Crippen molar-refractivity contribution < 1.29 is 8.42 Å². The zero-order valence-corrected chi connectivity index (χ0v) is 13.3. The summed E-state index contributed by atoms with van der Waals surface area (Å²) >= 11 is 3.33. The first-order chi connectivity index (χ1) is 10.1. The van der Waals surface area contributed by atoms with Crippen LogP contribution in [0.2, 0.25) is 0 Å². The van der Waals surface area contributed by atoms with Gasteiger partial charge in [0.2, 0.25) is 0 Å². The lowest BCUT2D eigenvalue weighted by Crippen LogP contribution is -2.12. The van der Waals surface area contributed by atoms with Crippen molar-refractivity contribution in [3.8, 4) is 0 Å². The minimum Gasteiger partial charge on any atom is -0.280 e. The molecule has 1 heterocycles. The van der Waals surface area contributed by atoms with Gasteiger partial charge in [0.15, 0.2) is 0 Å². The number of hydrogen-bond acceptors (Lipinski definition) is 3. The van der Waals surface area contributed by atoms with E-state index in [1.807, 2.05) is 0 Å². The zero-order chi connectivity index (χ0) is 14.9. The second-order valence-electron chi connectivity index (χ2n) is 4.56. The second kappa shape index (κ2) is 5.50. The number of H-pyrrole nitrogens is 1. The number of alkyl halides is 1. The average molecular weight is 366 g/mol. The van der Waals surface area contributed by atoms with Gasteiger partial charge in [-0.1, -0.05) is 28.1 Å². The number of anilines is 1. The van der Waals surface area contributed by atoms with Gasteiger partial charge in [-0.05, 0) is 35.9 Å². The first-order valence-corrected chi connectivity index (χ1v) is 8.80. The van der Waals surface area contributed by atoms with Crippen LogP contribution in [-0.2, 0) is 15.4 Å². The van der Waals surface area contributed by atoms with Crippen LogP contribution in [0.5, 0.6) is 0 Å². The molecular weight excluding hydrogens is 354 g/mol. The minimum absolute atomic E-state index is 0.236. The summed E-state index contributed by atoms with van der Waals surface area (Å²) in [4.78, 5) is 0.236. The van der Waals surface area contributed by atoms with Gasteiger partial charge in [-0.3, -0.25) is 9.82 Å². The van der Waals surface area contributed by atoms with E-state index in [9.17, 15) is 8.42 Å². The Balaban J connectivity index is 1.90. The molecule has 0 amide bonds. The Morgan fingerprint density at radius 1 is 1.14 bits per heavy atom. The smallest absolute Gasteiger partial charge is 0.261 e. The molecule has 7 heteroatoms. The lowest BCUT2D eigenvalue weighted by molar-refractivity contribution is 0.601. The highest BCUT2D eigenvalue weighted by Gasteiger charge is 2.14. The maximum absolute atomic E-state index is 12.3. The Morgan fingerprint density at radius 3 is 2.62 bits per heavy atom. The Kier molecular flexibility index (Phi) is 3.69. The SMILES string of the molecule is O=S(=O)(Nc1ccc2[nH]ncc2c1)c1ccc(CBr)cc1. The number of halogens is 1. The molecule has 2 aromatic carbocycles. The van der Waals surface area contributed by atoms with Gasteiger partial charge in [-0.15, -0.1) is 0 Å². The number of nitrogens with zero attached hydrogens (tertiary/aromatic N) is 1. The second-order valence-corrected chi connectivity index (χ2v) is 6.80. The van der Waals surface area contributed by atoms with Crippen LogP contribution in [0.1, 0.15) is 5.56 Å². The molecule has 0 aliphatic rings. The number of sulfonamides is 1. The van der Waals surface area contributed by atoms with Crippen LogP contribution in [0.4, 0.5) is 5.69 Å². The molecule has 108 valence electrons. The molecule has 0 aliphatic carbocycles. The third-order valence-electron chi connectivity index (χ3n) is 3.08. The standard InChI is InChI=1S/C14H12BrN3O2S/c15-8-10-1-4-13(5-2-10)21(19,20)18-12-3-6-14-11(7-12)9-16-17-14/h1-7,9,18H,8H2,(H,16,17). The molecule has 3 aromatic rings. The fourth-order valence-electron chi connectivity index (χ4n) is 1.98. The van der Waals surface area contributed by atoms with Crippen molar-refractivity contribution in [2.24, 2.45) is 0 Å². The maximum atomic E-state index is 12.3. The summed E-state index contributed by atoms with van der Waals surface area (Å²) in [5, 5.41) is 8.28. The molecule has 0 bridgehead atoms. The molecule has 0 unspecified atom stereocenters. The molecule has 0 fully saturated rings. The predicted molar refractivity (Wildman–Crippen MR) is 86.0 cm³/mol. The van der Waals surface area contributed by atoms with Crippen LogP contribution in [-0.4, -0.2) is 18.6 Å². The van der Waals surface area contributed by atoms with E-state index in [4.69, 9.17) is 0 Å². The highest BCUT2D eigenvalue weighted by atomic mass is 79.9. The van der Waals surface area contributed by atoms with E-state index in [-0.39, 0.29) is 4.90 Å². The lowest BCUT2D eigenvalue weighted by Gasteiger charge is -2.08. The Bertz CT molecular complexity index is 873. The Morgan fingerprint density at radius 2 is 1.90 bits per heavy atom. The lowest BCUT2D eigenvalue weighted by atomic mass is 10.2. The fourth-order valence-corrected chi connectivity index (χ4v) is 3.40. The van der Waals surface area contributed by atoms with E-state index in [0.29, 0.717) is 11.0 Å². The topological polar surface area (TPSA) is 74.8 Å². The quantitative estimate of drug-likeness (QED) is 0.696. The van der Waals surface area contributed by atoms with Gasteiger partial charge in [-0.25, -0.2) is 8.42 Å². The van der Waals surface area contributed by atoms with Crippen molar-refractivity contribution in [1.82, 2.24) is 10.2 Å². The monoisotopic (exact) mass is 365 g/mol. The number of hydrogen-bond donors (Lipinski definition) is 2. The van der Waals surface area contributed by atoms with Gasteiger partial charge in [0.1, 0.15) is 0 Å². The van der Waals surface area contributed by atoms with Crippen LogP contribution in [0, 0.1) is 0 Å². The third kappa shape index (κ3) is 2.93. The zero-order valence-electron chi connectivity index (χ0n) is 10.9. The molecule has 0 atom stereocenters. The van der Waals surface area contributed by atoms with Gasteiger partial charge in [0.25, 0.3) is 10.0 Å². The van der Waals surface area contributed by atoms with E-state index in [1.54, 1.807) is 48.7 Å². The number of aromatic nitrogens is 2. The molecular formula is C14H12BrN3O2S. The molecule has 0 aliphatic heterocycles. The highest BCUT2D eigenvalue weighted by Crippen LogP contribution is 2.21. The number of benzene rings is 2. The van der Waals surface area contributed by atoms with Crippen molar-refractivity contribution in [1.29, 1.82) is 0 Å². The van der Waals surface area contributed by atoms with E-state index in [1.165, 1.54) is 0 Å². The summed E-state index contributed by atoms with van der Waals surface area (Å²) in [7, 11) is -3.59. The van der Waals surface area contributed by atoms with Crippen molar-refractivity contribution in [2.75, 3.05) is 4.72 Å². The molecule has 0 saturated carbocycles. The van der Waals surface area contributed by atoms with E-state index < -0.39 is 10.0 Å². The van der Waals surface area contributed by atoms with Crippen LogP contribution < -0.4 is 4.72 Å². The first kappa shape index (κ1) is 14.1.